The van der Waals surface area contributed by atoms with Crippen molar-refractivity contribution in [3.05, 3.63) is 73.7 Å². The van der Waals surface area contributed by atoms with Crippen LogP contribution in [0.25, 0.3) is 11.8 Å². The summed E-state index contributed by atoms with van der Waals surface area (Å²) in [4.78, 5) is 41.3. The van der Waals surface area contributed by atoms with Gasteiger partial charge < -0.3 is 5.32 Å². The normalized spacial score (nSPS) is 15.0. The van der Waals surface area contributed by atoms with Gasteiger partial charge in [-0.05, 0) is 43.0 Å². The number of aromatic nitrogens is 2. The Bertz CT molecular complexity index is 1290. The summed E-state index contributed by atoms with van der Waals surface area (Å²) in [7, 11) is 1.78. The van der Waals surface area contributed by atoms with Crippen molar-refractivity contribution in [2.75, 3.05) is 11.9 Å². The Kier molecular flexibility index (Phi) is 6.96. The molecule has 10 heteroatoms. The Morgan fingerprint density at radius 3 is 2.61 bits per heavy atom. The summed E-state index contributed by atoms with van der Waals surface area (Å²) in [6, 6.07) is 13.1. The number of para-hydroxylation sites is 1. The van der Waals surface area contributed by atoms with Crippen molar-refractivity contribution in [3.8, 4) is 5.69 Å². The smallest absolute Gasteiger partial charge is 0.295 e. The van der Waals surface area contributed by atoms with Crippen LogP contribution < -0.4 is 10.9 Å². The number of carbonyl (C=O) groups is 2. The number of thioether (sulfide) groups is 1. The van der Waals surface area contributed by atoms with Crippen molar-refractivity contribution < 1.29 is 9.59 Å². The highest BCUT2D eigenvalue weighted by Crippen LogP contribution is 2.33. The summed E-state index contributed by atoms with van der Waals surface area (Å²) < 4.78 is 3.73. The van der Waals surface area contributed by atoms with Crippen LogP contribution in [0, 0.1) is 6.92 Å². The van der Waals surface area contributed by atoms with Gasteiger partial charge in [0, 0.05) is 24.9 Å². The first-order valence-corrected chi connectivity index (χ1v) is 12.4. The van der Waals surface area contributed by atoms with E-state index in [-0.39, 0.29) is 29.5 Å². The van der Waals surface area contributed by atoms with Gasteiger partial charge in [-0.2, -0.15) is 0 Å². The molecule has 0 radical (unpaired) electrons. The first-order valence-electron chi connectivity index (χ1n) is 10.3. The lowest BCUT2D eigenvalue weighted by molar-refractivity contribution is -0.122. The van der Waals surface area contributed by atoms with Gasteiger partial charge in [-0.15, -0.1) is 11.3 Å². The molecule has 3 aromatic rings. The topological polar surface area (TPSA) is 76.3 Å². The van der Waals surface area contributed by atoms with E-state index in [4.69, 9.17) is 12.2 Å². The summed E-state index contributed by atoms with van der Waals surface area (Å²) in [5.41, 5.74) is 1.35. The first-order chi connectivity index (χ1) is 15.9. The van der Waals surface area contributed by atoms with Crippen LogP contribution in [0.4, 0.5) is 5.69 Å². The zero-order chi connectivity index (χ0) is 23.5. The second-order valence-electron chi connectivity index (χ2n) is 7.44. The fourth-order valence-corrected chi connectivity index (χ4v) is 5.54. The Balaban J connectivity index is 1.37. The molecule has 33 heavy (non-hydrogen) atoms. The van der Waals surface area contributed by atoms with E-state index in [2.05, 4.69) is 5.32 Å². The van der Waals surface area contributed by atoms with Crippen molar-refractivity contribution in [1.82, 2.24) is 14.3 Å². The second-order valence-corrected chi connectivity index (χ2v) is 10.1. The number of carbonyl (C=O) groups excluding carboxylic acids is 2. The summed E-state index contributed by atoms with van der Waals surface area (Å²) in [5.74, 6) is -0.413. The average Bonchev–Trinajstić information content (AvgIpc) is 3.46. The van der Waals surface area contributed by atoms with E-state index in [1.807, 2.05) is 53.9 Å². The molecule has 3 heterocycles. The zero-order valence-electron chi connectivity index (χ0n) is 18.1. The highest BCUT2D eigenvalue weighted by molar-refractivity contribution is 8.26. The van der Waals surface area contributed by atoms with Crippen LogP contribution in [-0.2, 0) is 16.6 Å². The second kappa shape index (κ2) is 9.90. The number of thiocarbonyl (C=S) groups is 1. The lowest BCUT2D eigenvalue weighted by atomic mass is 10.2. The van der Waals surface area contributed by atoms with Gasteiger partial charge >= 0.3 is 0 Å². The van der Waals surface area contributed by atoms with Crippen LogP contribution >= 0.6 is 35.3 Å². The van der Waals surface area contributed by atoms with Crippen LogP contribution in [-0.4, -0.2) is 36.9 Å². The highest BCUT2D eigenvalue weighted by Gasteiger charge is 2.31. The third kappa shape index (κ3) is 4.87. The van der Waals surface area contributed by atoms with Crippen LogP contribution in [0.15, 0.2) is 57.5 Å². The quantitative estimate of drug-likeness (QED) is 0.391. The molecule has 0 saturated carbocycles. The van der Waals surface area contributed by atoms with Gasteiger partial charge in [0.1, 0.15) is 10.0 Å². The van der Waals surface area contributed by atoms with Crippen molar-refractivity contribution in [3.63, 3.8) is 0 Å². The van der Waals surface area contributed by atoms with Crippen LogP contribution in [0.3, 0.4) is 0 Å². The molecular weight excluding hydrogens is 476 g/mol. The molecule has 4 rings (SSSR count). The molecule has 1 aromatic carbocycles. The predicted octanol–water partition coefficient (Wildman–Crippen LogP) is 4.17. The molecule has 0 bridgehead atoms. The molecule has 170 valence electrons. The summed E-state index contributed by atoms with van der Waals surface area (Å²) in [6.45, 7) is 2.14. The molecule has 1 N–H and O–H groups in total. The number of nitrogens with one attached hydrogen (secondary N) is 1. The molecule has 0 atom stereocenters. The van der Waals surface area contributed by atoms with Gasteiger partial charge in [0.25, 0.3) is 11.5 Å². The van der Waals surface area contributed by atoms with E-state index in [0.717, 1.165) is 10.6 Å². The molecule has 7 nitrogen and oxygen atoms in total. The van der Waals surface area contributed by atoms with E-state index in [9.17, 15) is 14.4 Å². The maximum absolute atomic E-state index is 12.9. The number of amides is 2. The number of nitrogens with zero attached hydrogens (tertiary/aromatic N) is 3. The number of anilines is 1. The van der Waals surface area contributed by atoms with Crippen molar-refractivity contribution in [1.29, 1.82) is 0 Å². The number of thiophene rings is 1. The van der Waals surface area contributed by atoms with Gasteiger partial charge in [0.2, 0.25) is 5.91 Å². The van der Waals surface area contributed by atoms with Crippen molar-refractivity contribution in [2.45, 2.75) is 19.8 Å². The van der Waals surface area contributed by atoms with E-state index < -0.39 is 0 Å². The fourth-order valence-electron chi connectivity index (χ4n) is 3.51. The number of rotatable bonds is 7. The molecule has 0 spiro atoms. The summed E-state index contributed by atoms with van der Waals surface area (Å²) in [5, 5.41) is 4.70. The largest absolute Gasteiger partial charge is 0.320 e. The third-order valence-corrected chi connectivity index (χ3v) is 7.49. The van der Waals surface area contributed by atoms with Gasteiger partial charge in [-0.25, -0.2) is 4.68 Å². The molecule has 0 unspecified atom stereocenters. The van der Waals surface area contributed by atoms with E-state index in [1.54, 1.807) is 30.0 Å². The van der Waals surface area contributed by atoms with Gasteiger partial charge in [-0.3, -0.25) is 24.0 Å². The Morgan fingerprint density at radius 1 is 1.15 bits per heavy atom. The minimum absolute atomic E-state index is 0.136. The average molecular weight is 499 g/mol. The number of benzene rings is 1. The van der Waals surface area contributed by atoms with E-state index in [0.29, 0.717) is 27.9 Å². The lowest BCUT2D eigenvalue weighted by Gasteiger charge is -2.13. The number of hydrogen-bond donors (Lipinski definition) is 1. The maximum atomic E-state index is 12.9. The summed E-state index contributed by atoms with van der Waals surface area (Å²) in [6.07, 6.45) is 2.44. The Morgan fingerprint density at radius 2 is 1.91 bits per heavy atom. The lowest BCUT2D eigenvalue weighted by Crippen LogP contribution is -2.30. The Labute approximate surface area is 204 Å². The summed E-state index contributed by atoms with van der Waals surface area (Å²) >= 11 is 8.19. The van der Waals surface area contributed by atoms with E-state index >= 15 is 0 Å². The third-order valence-electron chi connectivity index (χ3n) is 5.29. The molecule has 2 amide bonds. The van der Waals surface area contributed by atoms with Gasteiger partial charge in [-0.1, -0.05) is 48.2 Å². The minimum atomic E-state index is -0.287. The molecular formula is C23H22N4O3S3. The highest BCUT2D eigenvalue weighted by atomic mass is 32.2. The first kappa shape index (κ1) is 23.2. The van der Waals surface area contributed by atoms with Crippen LogP contribution in [0.2, 0.25) is 0 Å². The molecule has 1 aliphatic heterocycles. The van der Waals surface area contributed by atoms with Gasteiger partial charge in [0.15, 0.2) is 0 Å². The predicted molar refractivity (Wildman–Crippen MR) is 138 cm³/mol. The standard InChI is InChI=1S/C23H22N4O3S3/c1-15-20(22(30)27(25(15)2)16-8-4-3-5-9-16)24-19(28)11-6-12-26-21(29)18(33-23(26)31)14-17-10-7-13-32-17/h3-5,7-10,13-14H,6,11-12H2,1-2H3,(H,24,28)/b18-14-. The molecule has 1 saturated heterocycles. The molecule has 2 aromatic heterocycles. The van der Waals surface area contributed by atoms with E-state index in [1.165, 1.54) is 21.3 Å². The molecule has 1 aliphatic rings. The number of hydrogen-bond acceptors (Lipinski definition) is 6. The van der Waals surface area contributed by atoms with Crippen molar-refractivity contribution in [2.24, 2.45) is 7.05 Å². The van der Waals surface area contributed by atoms with Crippen LogP contribution in [0.5, 0.6) is 0 Å². The minimum Gasteiger partial charge on any atom is -0.320 e. The fraction of sp³-hybridized carbons (Fsp3) is 0.217. The monoisotopic (exact) mass is 498 g/mol. The van der Waals surface area contributed by atoms with Crippen molar-refractivity contribution >= 4 is 63.2 Å². The SMILES string of the molecule is Cc1c(NC(=O)CCCN2C(=O)/C(=C/c3cccs3)SC2=S)c(=O)n(-c2ccccc2)n1C. The molecule has 1 fully saturated rings. The maximum Gasteiger partial charge on any atom is 0.295 e. The van der Waals surface area contributed by atoms with Crippen LogP contribution in [0.1, 0.15) is 23.4 Å². The van der Waals surface area contributed by atoms with Gasteiger partial charge in [0.05, 0.1) is 16.3 Å². The Hall–Kier alpha value is -2.95. The zero-order valence-corrected chi connectivity index (χ0v) is 20.6. The molecule has 0 aliphatic carbocycles.